The highest BCUT2D eigenvalue weighted by molar-refractivity contribution is 5.95. The first kappa shape index (κ1) is 15.8. The molecule has 0 spiro atoms. The Morgan fingerprint density at radius 2 is 2.12 bits per heavy atom. The molecule has 4 rings (SSSR count). The molecule has 1 amide bonds. The van der Waals surface area contributed by atoms with Crippen LogP contribution in [0.5, 0.6) is 0 Å². The van der Waals surface area contributed by atoms with Gasteiger partial charge in [0.15, 0.2) is 5.65 Å². The quantitative estimate of drug-likeness (QED) is 0.798. The van der Waals surface area contributed by atoms with E-state index in [1.807, 2.05) is 13.0 Å². The lowest BCUT2D eigenvalue weighted by molar-refractivity contribution is 0.0949. The summed E-state index contributed by atoms with van der Waals surface area (Å²) in [5, 5.41) is 7.26. The fraction of sp³-hybridized carbons (Fsp3) is 0.350. The molecule has 0 radical (unpaired) electrons. The number of hydrogen-bond acceptors (Lipinski definition) is 3. The van der Waals surface area contributed by atoms with Crippen LogP contribution >= 0.6 is 0 Å². The number of amides is 1. The van der Waals surface area contributed by atoms with E-state index in [0.29, 0.717) is 18.0 Å². The van der Waals surface area contributed by atoms with Crippen LogP contribution in [-0.2, 0) is 12.8 Å². The lowest BCUT2D eigenvalue weighted by Crippen LogP contribution is -2.28. The fourth-order valence-electron chi connectivity index (χ4n) is 3.72. The maximum atomic E-state index is 12.5. The molecule has 5 heteroatoms. The van der Waals surface area contributed by atoms with E-state index in [4.69, 9.17) is 0 Å². The third-order valence-corrected chi connectivity index (χ3v) is 5.19. The van der Waals surface area contributed by atoms with Crippen LogP contribution in [-0.4, -0.2) is 27.0 Å². The van der Waals surface area contributed by atoms with Gasteiger partial charge in [-0.15, -0.1) is 0 Å². The molecule has 2 aromatic heterocycles. The minimum atomic E-state index is -0.0707. The van der Waals surface area contributed by atoms with Gasteiger partial charge in [-0.05, 0) is 49.7 Å². The lowest BCUT2D eigenvalue weighted by atomic mass is 9.82. The number of carbonyl (C=O) groups excluding carboxylic acids is 1. The van der Waals surface area contributed by atoms with Crippen LogP contribution in [0, 0.1) is 12.8 Å². The second-order valence-electron chi connectivity index (χ2n) is 6.78. The van der Waals surface area contributed by atoms with Crippen molar-refractivity contribution >= 4 is 11.6 Å². The summed E-state index contributed by atoms with van der Waals surface area (Å²) in [6.07, 6.45) is 7.80. The molecular weight excluding hydrogens is 312 g/mol. The molecule has 0 aliphatic heterocycles. The van der Waals surface area contributed by atoms with Gasteiger partial charge in [0.1, 0.15) is 0 Å². The van der Waals surface area contributed by atoms with Gasteiger partial charge in [0.25, 0.3) is 5.91 Å². The second-order valence-corrected chi connectivity index (χ2v) is 6.78. The van der Waals surface area contributed by atoms with Crippen LogP contribution in [0.1, 0.15) is 40.0 Å². The first-order valence-electron chi connectivity index (χ1n) is 8.86. The number of carbonyl (C=O) groups is 1. The summed E-state index contributed by atoms with van der Waals surface area (Å²) >= 11 is 0. The molecule has 1 atom stereocenters. The van der Waals surface area contributed by atoms with Crippen molar-refractivity contribution in [1.82, 2.24) is 19.9 Å². The van der Waals surface area contributed by atoms with Crippen molar-refractivity contribution in [2.24, 2.45) is 5.92 Å². The van der Waals surface area contributed by atoms with Crippen molar-refractivity contribution in [3.8, 4) is 0 Å². The summed E-state index contributed by atoms with van der Waals surface area (Å²) in [5.41, 5.74) is 5.12. The Morgan fingerprint density at radius 3 is 3.00 bits per heavy atom. The number of hydrogen-bond donors (Lipinski definition) is 1. The second kappa shape index (κ2) is 6.67. The standard InChI is InChI=1S/C20H22N4O/c1-14-18(13-22-19-9-11-23-24(14)19)20(25)21-10-8-15-6-7-16-4-2-3-5-17(16)12-15/h2-5,9,11,13,15H,6-8,10,12H2,1H3,(H,21,25). The molecule has 1 aliphatic rings. The van der Waals surface area contributed by atoms with Crippen LogP contribution in [0.25, 0.3) is 5.65 Å². The summed E-state index contributed by atoms with van der Waals surface area (Å²) in [5.74, 6) is 0.571. The summed E-state index contributed by atoms with van der Waals surface area (Å²) in [4.78, 5) is 16.8. The molecule has 0 saturated heterocycles. The Morgan fingerprint density at radius 1 is 1.28 bits per heavy atom. The zero-order chi connectivity index (χ0) is 17.2. The van der Waals surface area contributed by atoms with Crippen LogP contribution in [0.15, 0.2) is 42.7 Å². The Bertz CT molecular complexity index is 915. The number of nitrogens with one attached hydrogen (secondary N) is 1. The van der Waals surface area contributed by atoms with Crippen molar-refractivity contribution in [3.05, 3.63) is 65.1 Å². The number of benzene rings is 1. The summed E-state index contributed by atoms with van der Waals surface area (Å²) in [7, 11) is 0. The van der Waals surface area contributed by atoms with E-state index >= 15 is 0 Å². The van der Waals surface area contributed by atoms with Crippen LogP contribution in [0.2, 0.25) is 0 Å². The number of nitrogens with zero attached hydrogens (tertiary/aromatic N) is 3. The van der Waals surface area contributed by atoms with Gasteiger partial charge in [-0.3, -0.25) is 4.79 Å². The highest BCUT2D eigenvalue weighted by Crippen LogP contribution is 2.27. The fourth-order valence-corrected chi connectivity index (χ4v) is 3.72. The van der Waals surface area contributed by atoms with Crippen molar-refractivity contribution in [2.75, 3.05) is 6.54 Å². The van der Waals surface area contributed by atoms with E-state index in [1.165, 1.54) is 17.5 Å². The lowest BCUT2D eigenvalue weighted by Gasteiger charge is -2.24. The Hall–Kier alpha value is -2.69. The van der Waals surface area contributed by atoms with Crippen LogP contribution in [0.3, 0.4) is 0 Å². The van der Waals surface area contributed by atoms with Gasteiger partial charge >= 0.3 is 0 Å². The maximum absolute atomic E-state index is 12.5. The average Bonchev–Trinajstić information content (AvgIpc) is 3.11. The molecule has 5 nitrogen and oxygen atoms in total. The van der Waals surface area contributed by atoms with E-state index in [-0.39, 0.29) is 5.91 Å². The molecule has 3 aromatic rings. The zero-order valence-electron chi connectivity index (χ0n) is 14.4. The highest BCUT2D eigenvalue weighted by atomic mass is 16.1. The number of fused-ring (bicyclic) bond motifs is 2. The molecule has 1 unspecified atom stereocenters. The first-order valence-corrected chi connectivity index (χ1v) is 8.86. The van der Waals surface area contributed by atoms with Gasteiger partial charge in [0.05, 0.1) is 17.5 Å². The van der Waals surface area contributed by atoms with Gasteiger partial charge in [0, 0.05) is 18.8 Å². The zero-order valence-corrected chi connectivity index (χ0v) is 14.4. The van der Waals surface area contributed by atoms with Crippen molar-refractivity contribution in [2.45, 2.75) is 32.6 Å². The molecule has 2 heterocycles. The van der Waals surface area contributed by atoms with Crippen LogP contribution in [0.4, 0.5) is 0 Å². The normalized spacial score (nSPS) is 16.6. The van der Waals surface area contributed by atoms with Gasteiger partial charge in [0.2, 0.25) is 0 Å². The number of aromatic nitrogens is 3. The monoisotopic (exact) mass is 334 g/mol. The van der Waals surface area contributed by atoms with Gasteiger partial charge in [-0.25, -0.2) is 9.50 Å². The number of aryl methyl sites for hydroxylation is 2. The third-order valence-electron chi connectivity index (χ3n) is 5.19. The Balaban J connectivity index is 1.35. The molecule has 1 N–H and O–H groups in total. The van der Waals surface area contributed by atoms with Crippen molar-refractivity contribution in [1.29, 1.82) is 0 Å². The van der Waals surface area contributed by atoms with E-state index in [0.717, 1.165) is 30.6 Å². The summed E-state index contributed by atoms with van der Waals surface area (Å²) in [6.45, 7) is 2.59. The Labute approximate surface area is 147 Å². The Kier molecular flexibility index (Phi) is 4.22. The van der Waals surface area contributed by atoms with Gasteiger partial charge < -0.3 is 5.32 Å². The molecule has 1 aromatic carbocycles. The van der Waals surface area contributed by atoms with Crippen LogP contribution < -0.4 is 5.32 Å². The SMILES string of the molecule is Cc1c(C(=O)NCCC2CCc3ccccc3C2)cnc2ccnn12. The topological polar surface area (TPSA) is 59.3 Å². The summed E-state index contributed by atoms with van der Waals surface area (Å²) < 4.78 is 1.70. The van der Waals surface area contributed by atoms with Crippen molar-refractivity contribution in [3.63, 3.8) is 0 Å². The molecule has 25 heavy (non-hydrogen) atoms. The van der Waals surface area contributed by atoms with E-state index < -0.39 is 0 Å². The molecule has 1 aliphatic carbocycles. The predicted octanol–water partition coefficient (Wildman–Crippen LogP) is 2.96. The van der Waals surface area contributed by atoms with Crippen molar-refractivity contribution < 1.29 is 4.79 Å². The number of rotatable bonds is 4. The maximum Gasteiger partial charge on any atom is 0.254 e. The first-order chi connectivity index (χ1) is 12.2. The third kappa shape index (κ3) is 3.14. The predicted molar refractivity (Wildman–Crippen MR) is 96.6 cm³/mol. The average molecular weight is 334 g/mol. The van der Waals surface area contributed by atoms with E-state index in [2.05, 4.69) is 39.7 Å². The highest BCUT2D eigenvalue weighted by Gasteiger charge is 2.19. The minimum absolute atomic E-state index is 0.0707. The molecule has 0 saturated carbocycles. The minimum Gasteiger partial charge on any atom is -0.352 e. The molecule has 128 valence electrons. The summed E-state index contributed by atoms with van der Waals surface area (Å²) in [6, 6.07) is 10.5. The molecule has 0 fully saturated rings. The molecule has 0 bridgehead atoms. The molecular formula is C20H22N4O. The van der Waals surface area contributed by atoms with Gasteiger partial charge in [-0.2, -0.15) is 5.10 Å². The van der Waals surface area contributed by atoms with E-state index in [9.17, 15) is 4.79 Å². The largest absolute Gasteiger partial charge is 0.352 e. The van der Waals surface area contributed by atoms with Gasteiger partial charge in [-0.1, -0.05) is 24.3 Å². The van der Waals surface area contributed by atoms with E-state index in [1.54, 1.807) is 16.9 Å². The smallest absolute Gasteiger partial charge is 0.254 e.